The first-order valence-corrected chi connectivity index (χ1v) is 14.9. The Morgan fingerprint density at radius 2 is 1.87 bits per heavy atom. The third kappa shape index (κ3) is 4.74. The van der Waals surface area contributed by atoms with Gasteiger partial charge in [-0.15, -0.1) is 0 Å². The van der Waals surface area contributed by atoms with Gasteiger partial charge in [-0.2, -0.15) is 10.4 Å². The van der Waals surface area contributed by atoms with E-state index >= 15 is 0 Å². The number of hydrogen-bond acceptors (Lipinski definition) is 8. The summed E-state index contributed by atoms with van der Waals surface area (Å²) in [5.74, 6) is -1.22. The van der Waals surface area contributed by atoms with Crippen molar-refractivity contribution in [2.45, 2.75) is 17.5 Å². The van der Waals surface area contributed by atoms with E-state index in [1.807, 2.05) is 0 Å². The van der Waals surface area contributed by atoms with E-state index in [-0.39, 0.29) is 23.6 Å². The van der Waals surface area contributed by atoms with Crippen molar-refractivity contribution in [3.8, 4) is 28.5 Å². The lowest BCUT2D eigenvalue weighted by Crippen LogP contribution is -2.36. The van der Waals surface area contributed by atoms with Crippen molar-refractivity contribution < 1.29 is 21.6 Å². The summed E-state index contributed by atoms with van der Waals surface area (Å²) >= 11 is 6.08. The Morgan fingerprint density at radius 3 is 2.50 bits per heavy atom. The Balaban J connectivity index is 1.79. The lowest BCUT2D eigenvalue weighted by Gasteiger charge is -2.14. The van der Waals surface area contributed by atoms with Crippen LogP contribution in [0.15, 0.2) is 59.8 Å². The summed E-state index contributed by atoms with van der Waals surface area (Å²) in [7, 11) is -7.83. The fraction of sp³-hybridized carbons (Fsp3) is 0.167. The van der Waals surface area contributed by atoms with Gasteiger partial charge in [0.05, 0.1) is 28.8 Å². The minimum absolute atomic E-state index is 0.0879. The monoisotopic (exact) mass is 570 g/mol. The van der Waals surface area contributed by atoms with E-state index in [4.69, 9.17) is 16.7 Å². The minimum Gasteiger partial charge on any atom is -0.348 e. The number of rotatable bonds is 5. The number of primary sulfonamides is 1. The van der Waals surface area contributed by atoms with Crippen LogP contribution in [0.3, 0.4) is 0 Å². The van der Waals surface area contributed by atoms with Crippen molar-refractivity contribution in [2.24, 2.45) is 5.14 Å². The zero-order valence-corrected chi connectivity index (χ0v) is 21.9. The summed E-state index contributed by atoms with van der Waals surface area (Å²) in [6.07, 6.45) is 1.61. The van der Waals surface area contributed by atoms with Gasteiger partial charge in [0, 0.05) is 34.0 Å². The Hall–Kier alpha value is -3.83. The third-order valence-electron chi connectivity index (χ3n) is 6.13. The van der Waals surface area contributed by atoms with Gasteiger partial charge in [-0.25, -0.2) is 31.5 Å². The number of benzene rings is 2. The van der Waals surface area contributed by atoms with E-state index in [9.17, 15) is 26.9 Å². The molecule has 0 radical (unpaired) electrons. The van der Waals surface area contributed by atoms with Gasteiger partial charge in [0.1, 0.15) is 5.56 Å². The van der Waals surface area contributed by atoms with Gasteiger partial charge in [-0.1, -0.05) is 41.9 Å². The van der Waals surface area contributed by atoms with Crippen LogP contribution in [0.5, 0.6) is 0 Å². The molecule has 1 amide bonds. The summed E-state index contributed by atoms with van der Waals surface area (Å²) in [5, 5.41) is 21.6. The van der Waals surface area contributed by atoms with E-state index in [0.717, 1.165) is 0 Å². The highest BCUT2D eigenvalue weighted by Gasteiger charge is 2.34. The molecule has 3 heterocycles. The SMILES string of the molecule is N#Cc1ccccc1-c1cnc2c(C(=O)N[C@@H]3CCS(=O)(=O)C3)c(S(N)(=O)=O)nn2c1-c1ccc(Cl)cc1. The van der Waals surface area contributed by atoms with Crippen LogP contribution in [0.2, 0.25) is 5.02 Å². The number of nitrogens with zero attached hydrogens (tertiary/aromatic N) is 4. The average Bonchev–Trinajstić information content (AvgIpc) is 3.43. The maximum atomic E-state index is 13.3. The third-order valence-corrected chi connectivity index (χ3v) is 8.98. The summed E-state index contributed by atoms with van der Waals surface area (Å²) in [6.45, 7) is 0. The largest absolute Gasteiger partial charge is 0.348 e. The second-order valence-electron chi connectivity index (χ2n) is 8.72. The van der Waals surface area contributed by atoms with Crippen molar-refractivity contribution in [1.82, 2.24) is 19.9 Å². The molecule has 0 spiro atoms. The normalized spacial score (nSPS) is 16.8. The zero-order chi connectivity index (χ0) is 27.2. The zero-order valence-electron chi connectivity index (χ0n) is 19.5. The summed E-state index contributed by atoms with van der Waals surface area (Å²) < 4.78 is 50.0. The molecule has 3 N–H and O–H groups in total. The second kappa shape index (κ2) is 9.48. The van der Waals surface area contributed by atoms with Crippen LogP contribution in [0.1, 0.15) is 22.3 Å². The van der Waals surface area contributed by atoms with Gasteiger partial charge in [-0.3, -0.25) is 4.79 Å². The van der Waals surface area contributed by atoms with Crippen LogP contribution in [0.4, 0.5) is 0 Å². The van der Waals surface area contributed by atoms with Gasteiger partial charge < -0.3 is 5.32 Å². The van der Waals surface area contributed by atoms with Crippen molar-refractivity contribution in [1.29, 1.82) is 5.26 Å². The number of nitriles is 1. The van der Waals surface area contributed by atoms with Crippen molar-refractivity contribution in [2.75, 3.05) is 11.5 Å². The maximum Gasteiger partial charge on any atom is 0.258 e. The molecule has 0 unspecified atom stereocenters. The van der Waals surface area contributed by atoms with E-state index in [1.54, 1.807) is 48.5 Å². The van der Waals surface area contributed by atoms with E-state index in [0.29, 0.717) is 33.0 Å². The Kier molecular flexibility index (Phi) is 6.44. The van der Waals surface area contributed by atoms with Gasteiger partial charge >= 0.3 is 0 Å². The van der Waals surface area contributed by atoms with Crippen LogP contribution in [-0.4, -0.2) is 54.9 Å². The Labute approximate surface area is 222 Å². The quantitative estimate of drug-likeness (QED) is 0.366. The first kappa shape index (κ1) is 25.8. The van der Waals surface area contributed by atoms with E-state index in [1.165, 1.54) is 10.7 Å². The molecule has 0 bridgehead atoms. The lowest BCUT2D eigenvalue weighted by atomic mass is 9.97. The van der Waals surface area contributed by atoms with Crippen molar-refractivity contribution >= 4 is 43.0 Å². The molecule has 2 aromatic heterocycles. The van der Waals surface area contributed by atoms with Gasteiger partial charge in [0.15, 0.2) is 15.5 Å². The molecule has 0 aliphatic carbocycles. The standard InChI is InChI=1S/C24H19ClN6O5S2/c25-16-7-5-14(6-8-16)21-19(18-4-2-1-3-15(18)11-26)12-28-22-20(24(30-31(21)22)38(27,35)36)23(32)29-17-9-10-37(33,34)13-17/h1-8,12,17H,9-10,13H2,(H,29,32)(H2,27,35,36)/t17-/m1/s1. The number of sulfonamides is 1. The number of carbonyl (C=O) groups is 1. The van der Waals surface area contributed by atoms with E-state index in [2.05, 4.69) is 21.5 Å². The van der Waals surface area contributed by atoms with Crippen molar-refractivity contribution in [3.05, 3.63) is 70.9 Å². The topological polar surface area (TPSA) is 177 Å². The highest BCUT2D eigenvalue weighted by atomic mass is 35.5. The molecular formula is C24H19ClN6O5S2. The molecule has 1 atom stereocenters. The molecule has 2 aromatic carbocycles. The van der Waals surface area contributed by atoms with E-state index < -0.39 is 42.4 Å². The first-order valence-electron chi connectivity index (χ1n) is 11.2. The highest BCUT2D eigenvalue weighted by Crippen LogP contribution is 2.35. The molecule has 1 fully saturated rings. The van der Waals surface area contributed by atoms with Crippen LogP contribution >= 0.6 is 11.6 Å². The molecule has 14 heteroatoms. The molecule has 38 heavy (non-hydrogen) atoms. The highest BCUT2D eigenvalue weighted by molar-refractivity contribution is 7.91. The number of hydrogen-bond donors (Lipinski definition) is 2. The smallest absolute Gasteiger partial charge is 0.258 e. The second-order valence-corrected chi connectivity index (χ2v) is 12.9. The first-order chi connectivity index (χ1) is 18.0. The maximum absolute atomic E-state index is 13.3. The molecular weight excluding hydrogens is 552 g/mol. The average molecular weight is 571 g/mol. The fourth-order valence-corrected chi connectivity index (χ4v) is 6.89. The number of sulfone groups is 1. The number of aromatic nitrogens is 3. The number of nitrogens with one attached hydrogen (secondary N) is 1. The molecule has 0 saturated carbocycles. The lowest BCUT2D eigenvalue weighted by molar-refractivity contribution is 0.0939. The summed E-state index contributed by atoms with van der Waals surface area (Å²) in [6, 6.07) is 14.8. The number of fused-ring (bicyclic) bond motifs is 1. The number of halogens is 1. The molecule has 11 nitrogen and oxygen atoms in total. The molecule has 1 aliphatic rings. The van der Waals surface area contributed by atoms with Crippen LogP contribution < -0.4 is 10.5 Å². The predicted octanol–water partition coefficient (Wildman–Crippen LogP) is 2.15. The molecule has 4 aromatic rings. The molecule has 1 saturated heterocycles. The molecule has 5 rings (SSSR count). The minimum atomic E-state index is -4.52. The molecule has 1 aliphatic heterocycles. The van der Waals surface area contributed by atoms with Gasteiger partial charge in [0.25, 0.3) is 15.9 Å². The summed E-state index contributed by atoms with van der Waals surface area (Å²) in [4.78, 5) is 17.7. The van der Waals surface area contributed by atoms with Crippen LogP contribution in [0, 0.1) is 11.3 Å². The number of carbonyl (C=O) groups excluding carboxylic acids is 1. The van der Waals surface area contributed by atoms with Gasteiger partial charge in [0.2, 0.25) is 5.03 Å². The van der Waals surface area contributed by atoms with Gasteiger partial charge in [-0.05, 0) is 24.6 Å². The predicted molar refractivity (Wildman–Crippen MR) is 139 cm³/mol. The number of amides is 1. The fourth-order valence-electron chi connectivity index (χ4n) is 4.43. The van der Waals surface area contributed by atoms with Crippen LogP contribution in [-0.2, 0) is 19.9 Å². The van der Waals surface area contributed by atoms with Crippen LogP contribution in [0.25, 0.3) is 28.0 Å². The Morgan fingerprint density at radius 1 is 1.16 bits per heavy atom. The molecule has 194 valence electrons. The number of nitrogens with two attached hydrogens (primary N) is 1. The Bertz CT molecular complexity index is 1860. The van der Waals surface area contributed by atoms with Crippen molar-refractivity contribution in [3.63, 3.8) is 0 Å². The summed E-state index contributed by atoms with van der Waals surface area (Å²) in [5.41, 5.74) is 1.63.